The quantitative estimate of drug-likeness (QED) is 0.900. The van der Waals surface area contributed by atoms with Gasteiger partial charge in [-0.05, 0) is 24.6 Å². The van der Waals surface area contributed by atoms with Gasteiger partial charge in [0, 0.05) is 12.0 Å². The van der Waals surface area contributed by atoms with Crippen molar-refractivity contribution in [1.82, 2.24) is 0 Å². The molecular formula is C15H13F3O. The Labute approximate surface area is 109 Å². The molecule has 0 radical (unpaired) electrons. The fraction of sp³-hybridized carbons (Fsp3) is 0.200. The Morgan fingerprint density at radius 1 is 0.947 bits per heavy atom. The molecule has 0 aliphatic rings. The second-order valence-corrected chi connectivity index (χ2v) is 4.64. The van der Waals surface area contributed by atoms with E-state index in [-0.39, 0.29) is 17.5 Å². The molecule has 0 bridgehead atoms. The number of halogens is 3. The third-order valence-electron chi connectivity index (χ3n) is 3.02. The van der Waals surface area contributed by atoms with Crippen LogP contribution in [0, 0.1) is 17.5 Å². The average Bonchev–Trinajstić information content (AvgIpc) is 2.35. The van der Waals surface area contributed by atoms with Crippen LogP contribution in [0.5, 0.6) is 0 Å². The molecular weight excluding hydrogens is 253 g/mol. The van der Waals surface area contributed by atoms with Gasteiger partial charge in [0.25, 0.3) is 0 Å². The Morgan fingerprint density at radius 2 is 1.58 bits per heavy atom. The van der Waals surface area contributed by atoms with E-state index in [1.807, 2.05) is 0 Å². The summed E-state index contributed by atoms with van der Waals surface area (Å²) in [4.78, 5) is 0. The van der Waals surface area contributed by atoms with Gasteiger partial charge in [-0.15, -0.1) is 0 Å². The summed E-state index contributed by atoms with van der Waals surface area (Å²) in [5, 5.41) is 10.3. The number of aliphatic hydroxyl groups is 1. The third-order valence-corrected chi connectivity index (χ3v) is 3.02. The number of rotatable bonds is 3. The van der Waals surface area contributed by atoms with Crippen molar-refractivity contribution in [1.29, 1.82) is 0 Å². The zero-order valence-corrected chi connectivity index (χ0v) is 10.3. The van der Waals surface area contributed by atoms with Gasteiger partial charge in [-0.3, -0.25) is 0 Å². The summed E-state index contributed by atoms with van der Waals surface area (Å²) >= 11 is 0. The van der Waals surface area contributed by atoms with Crippen molar-refractivity contribution in [3.63, 3.8) is 0 Å². The molecule has 0 heterocycles. The van der Waals surface area contributed by atoms with Gasteiger partial charge in [-0.25, -0.2) is 13.2 Å². The van der Waals surface area contributed by atoms with Crippen LogP contribution in [0.2, 0.25) is 0 Å². The zero-order valence-electron chi connectivity index (χ0n) is 10.3. The Balaban J connectivity index is 2.36. The smallest absolute Gasteiger partial charge is 0.162 e. The Bertz CT molecular complexity index is 594. The lowest BCUT2D eigenvalue weighted by molar-refractivity contribution is 0.0527. The highest BCUT2D eigenvalue weighted by Crippen LogP contribution is 2.28. The molecule has 0 fully saturated rings. The summed E-state index contributed by atoms with van der Waals surface area (Å²) < 4.78 is 40.3. The summed E-state index contributed by atoms with van der Waals surface area (Å²) in [7, 11) is 0. The van der Waals surface area contributed by atoms with Gasteiger partial charge in [-0.1, -0.05) is 30.3 Å². The first kappa shape index (κ1) is 13.6. The van der Waals surface area contributed by atoms with Crippen molar-refractivity contribution in [2.45, 2.75) is 18.9 Å². The monoisotopic (exact) mass is 266 g/mol. The van der Waals surface area contributed by atoms with Crippen molar-refractivity contribution in [3.05, 3.63) is 71.0 Å². The maximum absolute atomic E-state index is 13.6. The molecule has 0 saturated heterocycles. The van der Waals surface area contributed by atoms with Gasteiger partial charge in [0.05, 0.1) is 5.60 Å². The maximum atomic E-state index is 13.6. The summed E-state index contributed by atoms with van der Waals surface area (Å²) in [5.41, 5.74) is -1.55. The van der Waals surface area contributed by atoms with Crippen LogP contribution >= 0.6 is 0 Å². The molecule has 0 amide bonds. The van der Waals surface area contributed by atoms with Gasteiger partial charge < -0.3 is 5.11 Å². The number of hydrogen-bond acceptors (Lipinski definition) is 1. The predicted octanol–water partition coefficient (Wildman–Crippen LogP) is 3.55. The highest BCUT2D eigenvalue weighted by molar-refractivity contribution is 5.28. The molecule has 0 aliphatic carbocycles. The lowest BCUT2D eigenvalue weighted by atomic mass is 9.88. The van der Waals surface area contributed by atoms with Gasteiger partial charge in [0.2, 0.25) is 0 Å². The van der Waals surface area contributed by atoms with Crippen molar-refractivity contribution in [2.24, 2.45) is 0 Å². The van der Waals surface area contributed by atoms with Crippen LogP contribution in [0.25, 0.3) is 0 Å². The molecule has 2 rings (SSSR count). The molecule has 1 N–H and O–H groups in total. The lowest BCUT2D eigenvalue weighted by Crippen LogP contribution is -2.26. The molecule has 0 aliphatic heterocycles. The summed E-state index contributed by atoms with van der Waals surface area (Å²) in [6.07, 6.45) is -0.211. The van der Waals surface area contributed by atoms with Crippen LogP contribution in [-0.2, 0) is 12.0 Å². The van der Waals surface area contributed by atoms with E-state index in [1.54, 1.807) is 6.07 Å². The van der Waals surface area contributed by atoms with E-state index in [0.717, 1.165) is 6.07 Å². The molecule has 0 saturated carbocycles. The summed E-state index contributed by atoms with van der Waals surface area (Å²) in [6.45, 7) is 1.37. The van der Waals surface area contributed by atoms with Crippen LogP contribution in [0.1, 0.15) is 18.1 Å². The van der Waals surface area contributed by atoms with E-state index in [1.165, 1.54) is 37.3 Å². The fourth-order valence-corrected chi connectivity index (χ4v) is 2.05. The second-order valence-electron chi connectivity index (χ2n) is 4.64. The number of benzene rings is 2. The van der Waals surface area contributed by atoms with Gasteiger partial charge in [0.1, 0.15) is 5.82 Å². The van der Waals surface area contributed by atoms with E-state index in [0.29, 0.717) is 0 Å². The largest absolute Gasteiger partial charge is 0.385 e. The van der Waals surface area contributed by atoms with E-state index in [2.05, 4.69) is 0 Å². The molecule has 1 atom stereocenters. The molecule has 100 valence electrons. The lowest BCUT2D eigenvalue weighted by Gasteiger charge is -2.24. The van der Waals surface area contributed by atoms with Gasteiger partial charge >= 0.3 is 0 Å². The molecule has 19 heavy (non-hydrogen) atoms. The molecule has 0 aromatic heterocycles. The molecule has 1 unspecified atom stereocenters. The SMILES string of the molecule is CC(O)(Cc1cccc(F)c1F)c1ccccc1F. The predicted molar refractivity (Wildman–Crippen MR) is 66.0 cm³/mol. The van der Waals surface area contributed by atoms with Crippen molar-refractivity contribution in [3.8, 4) is 0 Å². The minimum atomic E-state index is -1.61. The number of hydrogen-bond donors (Lipinski definition) is 1. The standard InChI is InChI=1S/C15H13F3O/c1-15(19,11-6-2-3-7-12(11)16)9-10-5-4-8-13(17)14(10)18/h2-8,19H,9H2,1H3. The minimum absolute atomic E-state index is 0.00764. The molecule has 2 aromatic rings. The highest BCUT2D eigenvalue weighted by atomic mass is 19.2. The first-order chi connectivity index (χ1) is 8.92. The topological polar surface area (TPSA) is 20.2 Å². The third kappa shape index (κ3) is 2.79. The van der Waals surface area contributed by atoms with Gasteiger partial charge in [0.15, 0.2) is 11.6 Å². The summed E-state index contributed by atoms with van der Waals surface area (Å²) in [5.74, 6) is -2.58. The van der Waals surface area contributed by atoms with E-state index in [9.17, 15) is 18.3 Å². The molecule has 1 nitrogen and oxygen atoms in total. The Morgan fingerprint density at radius 3 is 2.26 bits per heavy atom. The van der Waals surface area contributed by atoms with E-state index >= 15 is 0 Å². The van der Waals surface area contributed by atoms with Crippen LogP contribution in [0.3, 0.4) is 0 Å². The van der Waals surface area contributed by atoms with Crippen molar-refractivity contribution in [2.75, 3.05) is 0 Å². The van der Waals surface area contributed by atoms with Crippen molar-refractivity contribution >= 4 is 0 Å². The normalized spacial score (nSPS) is 14.2. The zero-order chi connectivity index (χ0) is 14.0. The van der Waals surface area contributed by atoms with Gasteiger partial charge in [-0.2, -0.15) is 0 Å². The van der Waals surface area contributed by atoms with Crippen LogP contribution < -0.4 is 0 Å². The minimum Gasteiger partial charge on any atom is -0.385 e. The molecule has 2 aromatic carbocycles. The van der Waals surface area contributed by atoms with E-state index in [4.69, 9.17) is 0 Å². The highest BCUT2D eigenvalue weighted by Gasteiger charge is 2.28. The Hall–Kier alpha value is -1.81. The van der Waals surface area contributed by atoms with Crippen LogP contribution in [0.4, 0.5) is 13.2 Å². The average molecular weight is 266 g/mol. The molecule has 0 spiro atoms. The van der Waals surface area contributed by atoms with E-state index < -0.39 is 23.1 Å². The maximum Gasteiger partial charge on any atom is 0.162 e. The second kappa shape index (κ2) is 5.05. The summed E-state index contributed by atoms with van der Waals surface area (Å²) in [6, 6.07) is 9.43. The Kier molecular flexibility index (Phi) is 3.62. The van der Waals surface area contributed by atoms with Crippen molar-refractivity contribution < 1.29 is 18.3 Å². The molecule has 4 heteroatoms. The first-order valence-electron chi connectivity index (χ1n) is 5.82. The van der Waals surface area contributed by atoms with Crippen LogP contribution in [0.15, 0.2) is 42.5 Å². The van der Waals surface area contributed by atoms with Crippen LogP contribution in [-0.4, -0.2) is 5.11 Å². The fourth-order valence-electron chi connectivity index (χ4n) is 2.05. The first-order valence-corrected chi connectivity index (χ1v) is 5.82.